The Balaban J connectivity index is 1.33. The van der Waals surface area contributed by atoms with E-state index in [1.54, 1.807) is 7.11 Å². The summed E-state index contributed by atoms with van der Waals surface area (Å²) >= 11 is 6.28. The van der Waals surface area contributed by atoms with Gasteiger partial charge >= 0.3 is 0 Å². The maximum Gasteiger partial charge on any atom is 0.161 e. The number of methoxy groups -OCH3 is 1. The zero-order valence-corrected chi connectivity index (χ0v) is 23.1. The number of likely N-dealkylation sites (tertiary alicyclic amines) is 1. The molecule has 0 spiro atoms. The van der Waals surface area contributed by atoms with E-state index in [1.165, 1.54) is 0 Å². The summed E-state index contributed by atoms with van der Waals surface area (Å²) in [4.78, 5) is 6.63. The highest BCUT2D eigenvalue weighted by Crippen LogP contribution is 2.31. The average molecular weight is 528 g/mol. The van der Waals surface area contributed by atoms with E-state index in [0.29, 0.717) is 31.9 Å². The summed E-state index contributed by atoms with van der Waals surface area (Å²) in [5, 5.41) is 12.0. The lowest BCUT2D eigenvalue weighted by Crippen LogP contribution is -2.51. The Bertz CT molecular complexity index is 1170. The molecule has 200 valence electrons. The average Bonchev–Trinajstić information content (AvgIpc) is 3.34. The van der Waals surface area contributed by atoms with E-state index in [9.17, 15) is 5.11 Å². The van der Waals surface area contributed by atoms with Gasteiger partial charge in [0.25, 0.3) is 0 Å². The Hall–Kier alpha value is -2.74. The molecule has 1 fully saturated rings. The second kappa shape index (κ2) is 12.2. The van der Waals surface area contributed by atoms with Gasteiger partial charge in [0.1, 0.15) is 30.4 Å². The number of aliphatic hydroxyl groups is 1. The number of imidazole rings is 1. The third-order valence-electron chi connectivity index (χ3n) is 6.89. The van der Waals surface area contributed by atoms with Crippen molar-refractivity contribution in [3.63, 3.8) is 0 Å². The van der Waals surface area contributed by atoms with Crippen LogP contribution >= 0.6 is 11.6 Å². The Morgan fingerprint density at radius 1 is 1.11 bits per heavy atom. The van der Waals surface area contributed by atoms with Crippen molar-refractivity contribution in [2.75, 3.05) is 33.4 Å². The van der Waals surface area contributed by atoms with Crippen LogP contribution in [0.5, 0.6) is 17.2 Å². The first-order valence-electron chi connectivity index (χ1n) is 12.9. The third kappa shape index (κ3) is 6.98. The molecule has 3 aromatic rings. The van der Waals surface area contributed by atoms with Gasteiger partial charge in [-0.05, 0) is 74.2 Å². The summed E-state index contributed by atoms with van der Waals surface area (Å²) in [7, 11) is 1.66. The Morgan fingerprint density at radius 3 is 2.62 bits per heavy atom. The standard InChI is InChI=1S/C29H38ClN3O4/c1-5-27-31-10-12-33(27)13-14-36-25-8-7-23(17-26(25)35-4)18-32-11-6-9-29(34,19-32)20-37-24-15-21(2)28(30)22(3)16-24/h7-8,10,12,15-17,34H,5-6,9,11,13-14,18-20H2,1-4H3/t29-/m0/s1. The monoisotopic (exact) mass is 527 g/mol. The summed E-state index contributed by atoms with van der Waals surface area (Å²) < 4.78 is 19.8. The second-order valence-corrected chi connectivity index (χ2v) is 10.3. The van der Waals surface area contributed by atoms with E-state index < -0.39 is 5.60 Å². The Kier molecular flexibility index (Phi) is 9.00. The van der Waals surface area contributed by atoms with Gasteiger partial charge in [0.2, 0.25) is 0 Å². The molecule has 0 aliphatic carbocycles. The van der Waals surface area contributed by atoms with E-state index in [0.717, 1.165) is 65.0 Å². The smallest absolute Gasteiger partial charge is 0.161 e. The first kappa shape index (κ1) is 27.3. The summed E-state index contributed by atoms with van der Waals surface area (Å²) in [5.74, 6) is 3.23. The molecule has 0 unspecified atom stereocenters. The van der Waals surface area contributed by atoms with Gasteiger partial charge in [-0.3, -0.25) is 4.90 Å². The molecule has 7 nitrogen and oxygen atoms in total. The predicted octanol–water partition coefficient (Wildman–Crippen LogP) is 5.21. The van der Waals surface area contributed by atoms with Crippen molar-refractivity contribution in [1.82, 2.24) is 14.5 Å². The highest BCUT2D eigenvalue weighted by molar-refractivity contribution is 6.32. The number of aryl methyl sites for hydroxylation is 3. The normalized spacial score (nSPS) is 18.1. The lowest BCUT2D eigenvalue weighted by atomic mass is 9.93. The molecule has 2 heterocycles. The van der Waals surface area contributed by atoms with Crippen molar-refractivity contribution in [3.05, 3.63) is 70.3 Å². The molecule has 0 amide bonds. The maximum atomic E-state index is 11.3. The highest BCUT2D eigenvalue weighted by Gasteiger charge is 2.34. The van der Waals surface area contributed by atoms with Crippen molar-refractivity contribution >= 4 is 11.6 Å². The van der Waals surface area contributed by atoms with Crippen molar-refractivity contribution in [1.29, 1.82) is 0 Å². The summed E-state index contributed by atoms with van der Waals surface area (Å²) in [5.41, 5.74) is 2.16. The van der Waals surface area contributed by atoms with E-state index in [4.69, 9.17) is 25.8 Å². The van der Waals surface area contributed by atoms with Crippen LogP contribution in [0.4, 0.5) is 0 Å². The lowest BCUT2D eigenvalue weighted by molar-refractivity contribution is -0.0621. The van der Waals surface area contributed by atoms with Crippen molar-refractivity contribution in [2.24, 2.45) is 0 Å². The fourth-order valence-electron chi connectivity index (χ4n) is 4.97. The number of rotatable bonds is 11. The van der Waals surface area contributed by atoms with E-state index >= 15 is 0 Å². The number of benzene rings is 2. The van der Waals surface area contributed by atoms with Gasteiger partial charge in [-0.25, -0.2) is 4.98 Å². The molecule has 0 radical (unpaired) electrons. The molecule has 1 aliphatic rings. The van der Waals surface area contributed by atoms with Gasteiger partial charge in [-0.1, -0.05) is 24.6 Å². The van der Waals surface area contributed by atoms with Crippen LogP contribution in [0.1, 0.15) is 42.3 Å². The molecule has 0 bridgehead atoms. The molecule has 4 rings (SSSR count). The number of β-amino-alcohol motifs (C(OH)–C–C–N with tert-alkyl or cyclic N) is 1. The van der Waals surface area contributed by atoms with Crippen LogP contribution in [-0.4, -0.2) is 58.6 Å². The largest absolute Gasteiger partial charge is 0.493 e. The molecule has 1 aromatic heterocycles. The van der Waals surface area contributed by atoms with Crippen LogP contribution in [-0.2, 0) is 19.5 Å². The summed E-state index contributed by atoms with van der Waals surface area (Å²) in [6.45, 7) is 9.72. The second-order valence-electron chi connectivity index (χ2n) is 9.92. The van der Waals surface area contributed by atoms with Gasteiger partial charge < -0.3 is 23.9 Å². The lowest BCUT2D eigenvalue weighted by Gasteiger charge is -2.39. The van der Waals surface area contributed by atoms with Gasteiger partial charge in [0.15, 0.2) is 11.5 Å². The molecule has 37 heavy (non-hydrogen) atoms. The Labute approximate surface area is 224 Å². The number of piperidine rings is 1. The van der Waals surface area contributed by atoms with Crippen molar-refractivity contribution in [3.8, 4) is 17.2 Å². The van der Waals surface area contributed by atoms with Gasteiger partial charge in [-0.15, -0.1) is 0 Å². The van der Waals surface area contributed by atoms with E-state index in [1.807, 2.05) is 50.5 Å². The predicted molar refractivity (Wildman–Crippen MR) is 146 cm³/mol. The number of nitrogens with zero attached hydrogens (tertiary/aromatic N) is 3. The fraction of sp³-hybridized carbons (Fsp3) is 0.483. The van der Waals surface area contributed by atoms with Crippen LogP contribution in [0.25, 0.3) is 0 Å². The van der Waals surface area contributed by atoms with E-state index in [2.05, 4.69) is 27.4 Å². The van der Waals surface area contributed by atoms with Gasteiger partial charge in [0, 0.05) is 36.9 Å². The highest BCUT2D eigenvalue weighted by atomic mass is 35.5. The fourth-order valence-corrected chi connectivity index (χ4v) is 5.07. The number of ether oxygens (including phenoxy) is 3. The van der Waals surface area contributed by atoms with Crippen molar-refractivity contribution < 1.29 is 19.3 Å². The first-order valence-corrected chi connectivity index (χ1v) is 13.3. The summed E-state index contributed by atoms with van der Waals surface area (Å²) in [6, 6.07) is 9.90. The van der Waals surface area contributed by atoms with Crippen LogP contribution in [0.15, 0.2) is 42.7 Å². The SMILES string of the molecule is CCc1nccn1CCOc1ccc(CN2CCC[C@@](O)(COc3cc(C)c(Cl)c(C)c3)C2)cc1OC. The quantitative estimate of drug-likeness (QED) is 0.369. The van der Waals surface area contributed by atoms with Crippen LogP contribution in [0.2, 0.25) is 5.02 Å². The van der Waals surface area contributed by atoms with Crippen LogP contribution < -0.4 is 14.2 Å². The van der Waals surface area contributed by atoms with Crippen LogP contribution in [0, 0.1) is 13.8 Å². The molecule has 1 saturated heterocycles. The minimum atomic E-state index is -0.905. The molecule has 1 aliphatic heterocycles. The Morgan fingerprint density at radius 2 is 1.89 bits per heavy atom. The number of hydrogen-bond acceptors (Lipinski definition) is 6. The molecule has 8 heteroatoms. The minimum absolute atomic E-state index is 0.247. The minimum Gasteiger partial charge on any atom is -0.493 e. The third-order valence-corrected chi connectivity index (χ3v) is 7.49. The zero-order chi connectivity index (χ0) is 26.4. The molecule has 0 saturated carbocycles. The number of aromatic nitrogens is 2. The summed E-state index contributed by atoms with van der Waals surface area (Å²) in [6.07, 6.45) is 6.31. The molecular weight excluding hydrogens is 490 g/mol. The zero-order valence-electron chi connectivity index (χ0n) is 22.3. The van der Waals surface area contributed by atoms with Crippen molar-refractivity contribution in [2.45, 2.75) is 58.7 Å². The molecule has 2 aromatic carbocycles. The van der Waals surface area contributed by atoms with Crippen LogP contribution in [0.3, 0.4) is 0 Å². The number of halogens is 1. The molecule has 1 N–H and O–H groups in total. The molecule has 1 atom stereocenters. The first-order chi connectivity index (χ1) is 17.8. The van der Waals surface area contributed by atoms with Gasteiger partial charge in [-0.2, -0.15) is 0 Å². The molecular formula is C29H38ClN3O4. The topological polar surface area (TPSA) is 69.0 Å². The maximum absolute atomic E-state index is 11.3. The van der Waals surface area contributed by atoms with Gasteiger partial charge in [0.05, 0.1) is 13.7 Å². The van der Waals surface area contributed by atoms with E-state index in [-0.39, 0.29) is 6.61 Å². The number of hydrogen-bond donors (Lipinski definition) is 1.